The number of aromatic nitrogens is 4. The lowest BCUT2D eigenvalue weighted by Gasteiger charge is -2.01. The van der Waals surface area contributed by atoms with Crippen molar-refractivity contribution in [3.8, 4) is 28.9 Å². The van der Waals surface area contributed by atoms with Gasteiger partial charge in [-0.3, -0.25) is 0 Å². The van der Waals surface area contributed by atoms with E-state index in [1.54, 1.807) is 66.7 Å². The maximum atomic E-state index is 13.0. The molecule has 0 saturated heterocycles. The van der Waals surface area contributed by atoms with E-state index in [-0.39, 0.29) is 17.7 Å². The van der Waals surface area contributed by atoms with Crippen molar-refractivity contribution in [2.75, 3.05) is 5.73 Å². The normalized spacial score (nSPS) is 11.2. The van der Waals surface area contributed by atoms with Crippen LogP contribution in [-0.2, 0) is 10.0 Å². The summed E-state index contributed by atoms with van der Waals surface area (Å²) in [6, 6.07) is 19.1. The van der Waals surface area contributed by atoms with E-state index in [0.717, 1.165) is 0 Å². The van der Waals surface area contributed by atoms with Gasteiger partial charge in [0, 0.05) is 11.1 Å². The van der Waals surface area contributed by atoms with Crippen LogP contribution in [0.1, 0.15) is 5.69 Å². The molecule has 0 spiro atoms. The Morgan fingerprint density at radius 1 is 0.964 bits per heavy atom. The first-order valence-corrected chi connectivity index (χ1v) is 9.44. The van der Waals surface area contributed by atoms with Crippen molar-refractivity contribution in [2.45, 2.75) is 5.09 Å². The average molecular weight is 392 g/mol. The molecule has 0 fully saturated rings. The van der Waals surface area contributed by atoms with E-state index in [1.807, 2.05) is 0 Å². The minimum atomic E-state index is -4.42. The SMILES string of the molecule is N#Cc1nc(-c2ccccc2)oc1S(=O)(=O)n1nc(-c2ccccc2)nc1N. The van der Waals surface area contributed by atoms with E-state index in [2.05, 4.69) is 15.1 Å². The first-order valence-electron chi connectivity index (χ1n) is 8.00. The quantitative estimate of drug-likeness (QED) is 0.558. The number of benzene rings is 2. The average Bonchev–Trinajstić information content (AvgIpc) is 3.34. The summed E-state index contributed by atoms with van der Waals surface area (Å²) in [7, 11) is -4.42. The first-order chi connectivity index (χ1) is 13.5. The van der Waals surface area contributed by atoms with Gasteiger partial charge in [0.15, 0.2) is 5.82 Å². The lowest BCUT2D eigenvalue weighted by Crippen LogP contribution is -2.17. The lowest BCUT2D eigenvalue weighted by molar-refractivity contribution is 0.452. The zero-order valence-electron chi connectivity index (χ0n) is 14.2. The molecule has 0 aliphatic rings. The fourth-order valence-corrected chi connectivity index (χ4v) is 3.68. The van der Waals surface area contributed by atoms with Crippen molar-refractivity contribution in [3.05, 3.63) is 66.4 Å². The van der Waals surface area contributed by atoms with Gasteiger partial charge in [-0.05, 0) is 12.1 Å². The molecule has 138 valence electrons. The maximum absolute atomic E-state index is 13.0. The highest BCUT2D eigenvalue weighted by Gasteiger charge is 2.32. The number of nitriles is 1. The van der Waals surface area contributed by atoms with Crippen molar-refractivity contribution in [1.29, 1.82) is 5.26 Å². The third-order valence-corrected chi connectivity index (χ3v) is 5.29. The summed E-state index contributed by atoms with van der Waals surface area (Å²) in [5.74, 6) is -0.235. The summed E-state index contributed by atoms with van der Waals surface area (Å²) in [4.78, 5) is 7.97. The van der Waals surface area contributed by atoms with Gasteiger partial charge < -0.3 is 10.2 Å². The largest absolute Gasteiger partial charge is 0.421 e. The van der Waals surface area contributed by atoms with Gasteiger partial charge in [0.25, 0.3) is 5.09 Å². The fraction of sp³-hybridized carbons (Fsp3) is 0. The molecular formula is C18H12N6O3S. The van der Waals surface area contributed by atoms with Crippen molar-refractivity contribution in [2.24, 2.45) is 0 Å². The van der Waals surface area contributed by atoms with Crippen LogP contribution in [0.3, 0.4) is 0 Å². The van der Waals surface area contributed by atoms with Crippen LogP contribution >= 0.6 is 0 Å². The molecule has 0 aliphatic heterocycles. The fourth-order valence-electron chi connectivity index (χ4n) is 2.53. The second-order valence-corrected chi connectivity index (χ2v) is 7.31. The zero-order chi connectivity index (χ0) is 19.7. The number of hydrogen-bond acceptors (Lipinski definition) is 8. The number of hydrogen-bond donors (Lipinski definition) is 1. The topological polar surface area (TPSA) is 141 Å². The second-order valence-electron chi connectivity index (χ2n) is 5.64. The Morgan fingerprint density at radius 2 is 1.57 bits per heavy atom. The molecule has 2 aromatic heterocycles. The number of rotatable bonds is 4. The smallest absolute Gasteiger partial charge is 0.322 e. The van der Waals surface area contributed by atoms with Crippen molar-refractivity contribution in [1.82, 2.24) is 19.2 Å². The zero-order valence-corrected chi connectivity index (χ0v) is 15.0. The predicted octanol–water partition coefficient (Wildman–Crippen LogP) is 2.29. The van der Waals surface area contributed by atoms with Crippen LogP contribution in [0.15, 0.2) is 70.2 Å². The summed E-state index contributed by atoms with van der Waals surface area (Å²) in [5.41, 5.74) is 6.50. The second kappa shape index (κ2) is 6.64. The molecule has 2 heterocycles. The molecule has 4 rings (SSSR count). The lowest BCUT2D eigenvalue weighted by atomic mass is 10.2. The maximum Gasteiger partial charge on any atom is 0.322 e. The van der Waals surface area contributed by atoms with E-state index in [0.29, 0.717) is 15.2 Å². The third-order valence-electron chi connectivity index (χ3n) is 3.82. The Kier molecular flexibility index (Phi) is 4.14. The van der Waals surface area contributed by atoms with E-state index < -0.39 is 20.8 Å². The van der Waals surface area contributed by atoms with Gasteiger partial charge in [-0.15, -0.1) is 9.19 Å². The number of nitrogen functional groups attached to an aromatic ring is 1. The molecule has 4 aromatic rings. The minimum Gasteiger partial charge on any atom is -0.421 e. The minimum absolute atomic E-state index is 0.00213. The van der Waals surface area contributed by atoms with Crippen LogP contribution in [0.25, 0.3) is 22.8 Å². The van der Waals surface area contributed by atoms with Crippen LogP contribution in [-0.4, -0.2) is 27.6 Å². The van der Waals surface area contributed by atoms with Crippen LogP contribution in [0.2, 0.25) is 0 Å². The molecule has 0 atom stereocenters. The van der Waals surface area contributed by atoms with Crippen molar-refractivity contribution < 1.29 is 12.8 Å². The standard InChI is InChI=1S/C18H12N6O3S/c19-11-14-17(27-16(21-14)13-9-5-2-6-10-13)28(25,26)24-18(20)22-15(23-24)12-7-3-1-4-8-12/h1-10H,(H2,20,22,23). The Morgan fingerprint density at radius 3 is 2.18 bits per heavy atom. The molecule has 0 unspecified atom stereocenters. The highest BCUT2D eigenvalue weighted by atomic mass is 32.2. The van der Waals surface area contributed by atoms with Crippen molar-refractivity contribution >= 4 is 16.0 Å². The van der Waals surface area contributed by atoms with Crippen molar-refractivity contribution in [3.63, 3.8) is 0 Å². The molecule has 0 aliphatic carbocycles. The monoisotopic (exact) mass is 392 g/mol. The summed E-state index contributed by atoms with van der Waals surface area (Å²) in [5, 5.41) is 12.7. The van der Waals surface area contributed by atoms with Gasteiger partial charge >= 0.3 is 10.0 Å². The Labute approximate surface area is 159 Å². The van der Waals surface area contributed by atoms with E-state index >= 15 is 0 Å². The van der Waals surface area contributed by atoms with Crippen LogP contribution in [0, 0.1) is 11.3 Å². The van der Waals surface area contributed by atoms with E-state index in [1.165, 1.54) is 0 Å². The predicted molar refractivity (Wildman–Crippen MR) is 99.1 cm³/mol. The molecule has 0 bridgehead atoms. The summed E-state index contributed by atoms with van der Waals surface area (Å²) < 4.78 is 32.0. The van der Waals surface area contributed by atoms with Crippen LogP contribution in [0.5, 0.6) is 0 Å². The van der Waals surface area contributed by atoms with Gasteiger partial charge in [-0.2, -0.15) is 23.6 Å². The number of anilines is 1. The molecule has 28 heavy (non-hydrogen) atoms. The molecule has 0 radical (unpaired) electrons. The van der Waals surface area contributed by atoms with Gasteiger partial charge in [-0.1, -0.05) is 48.5 Å². The summed E-state index contributed by atoms with van der Waals surface area (Å²) >= 11 is 0. The van der Waals surface area contributed by atoms with E-state index in [9.17, 15) is 13.7 Å². The molecule has 10 heteroatoms. The summed E-state index contributed by atoms with van der Waals surface area (Å²) in [6.45, 7) is 0. The Balaban J connectivity index is 1.83. The van der Waals surface area contributed by atoms with Crippen LogP contribution in [0.4, 0.5) is 5.95 Å². The molecule has 9 nitrogen and oxygen atoms in total. The molecular weight excluding hydrogens is 380 g/mol. The third kappa shape index (κ3) is 2.89. The molecule has 0 saturated carbocycles. The number of oxazole rings is 1. The number of nitrogens with two attached hydrogens (primary N) is 1. The van der Waals surface area contributed by atoms with Gasteiger partial charge in [0.05, 0.1) is 0 Å². The Hall–Kier alpha value is -3.97. The van der Waals surface area contributed by atoms with Gasteiger partial charge in [0.2, 0.25) is 17.5 Å². The van der Waals surface area contributed by atoms with Gasteiger partial charge in [0.1, 0.15) is 6.07 Å². The van der Waals surface area contributed by atoms with Gasteiger partial charge in [-0.25, -0.2) is 0 Å². The highest BCUT2D eigenvalue weighted by molar-refractivity contribution is 7.89. The molecule has 2 N–H and O–H groups in total. The van der Waals surface area contributed by atoms with Crippen LogP contribution < -0.4 is 5.73 Å². The highest BCUT2D eigenvalue weighted by Crippen LogP contribution is 2.27. The Bertz CT molecular complexity index is 1290. The number of nitrogens with zero attached hydrogens (tertiary/aromatic N) is 5. The summed E-state index contributed by atoms with van der Waals surface area (Å²) in [6.07, 6.45) is 0. The molecule has 0 amide bonds. The molecule has 2 aromatic carbocycles. The van der Waals surface area contributed by atoms with E-state index in [4.69, 9.17) is 10.2 Å². The first kappa shape index (κ1) is 17.4.